The minimum absolute atomic E-state index is 0.499. The van der Waals surface area contributed by atoms with Crippen molar-refractivity contribution in [1.82, 2.24) is 30.4 Å². The number of aliphatic imine (C=N–C) groups is 1. The highest BCUT2D eigenvalue weighted by molar-refractivity contribution is 5.86. The fraction of sp³-hybridized carbons (Fsp3) is 0.421. The van der Waals surface area contributed by atoms with Gasteiger partial charge in [-0.25, -0.2) is 4.99 Å². The van der Waals surface area contributed by atoms with Gasteiger partial charge in [0.05, 0.1) is 0 Å². The van der Waals surface area contributed by atoms with Crippen LogP contribution in [-0.2, 0) is 20.0 Å². The van der Waals surface area contributed by atoms with Crippen LogP contribution in [0.3, 0.4) is 0 Å². The number of fused-ring (bicyclic) bond motifs is 1. The quantitative estimate of drug-likeness (QED) is 0.469. The topological polar surface area (TPSA) is 82.9 Å². The number of hydrogen-bond acceptors (Lipinski definition) is 3. The van der Waals surface area contributed by atoms with Crippen molar-refractivity contribution in [2.24, 2.45) is 12.0 Å². The number of hydrogen-bond donors (Lipinski definition) is 3. The van der Waals surface area contributed by atoms with Gasteiger partial charge in [-0.05, 0) is 44.4 Å². The van der Waals surface area contributed by atoms with Crippen LogP contribution in [0.2, 0.25) is 0 Å². The number of rotatable bonds is 6. The van der Waals surface area contributed by atoms with E-state index in [1.54, 1.807) is 0 Å². The molecule has 26 heavy (non-hydrogen) atoms. The number of guanidine groups is 1. The van der Waals surface area contributed by atoms with E-state index in [0.29, 0.717) is 6.54 Å². The van der Waals surface area contributed by atoms with Gasteiger partial charge in [0.15, 0.2) is 11.8 Å². The summed E-state index contributed by atoms with van der Waals surface area (Å²) in [7, 11) is 1.96. The van der Waals surface area contributed by atoms with Crippen molar-refractivity contribution < 1.29 is 0 Å². The summed E-state index contributed by atoms with van der Waals surface area (Å²) >= 11 is 0. The highest BCUT2D eigenvalue weighted by Gasteiger charge is 2.07. The van der Waals surface area contributed by atoms with Crippen LogP contribution in [-0.4, -0.2) is 38.8 Å². The zero-order valence-electron chi connectivity index (χ0n) is 15.9. The van der Waals surface area contributed by atoms with Crippen LogP contribution in [0, 0.1) is 13.8 Å². The molecule has 0 fully saturated rings. The number of H-pyrrole nitrogens is 1. The Balaban J connectivity index is 1.63. The van der Waals surface area contributed by atoms with Crippen molar-refractivity contribution in [3.63, 3.8) is 0 Å². The summed E-state index contributed by atoms with van der Waals surface area (Å²) in [6.07, 6.45) is 3.03. The lowest BCUT2D eigenvalue weighted by atomic mass is 10.1. The molecule has 3 rings (SSSR count). The lowest BCUT2D eigenvalue weighted by Gasteiger charge is -2.11. The van der Waals surface area contributed by atoms with Crippen LogP contribution in [0.15, 0.2) is 29.4 Å². The molecule has 7 heteroatoms. The maximum absolute atomic E-state index is 4.62. The molecule has 1 aromatic carbocycles. The van der Waals surface area contributed by atoms with Gasteiger partial charge in [0.1, 0.15) is 12.4 Å². The predicted octanol–water partition coefficient (Wildman–Crippen LogP) is 2.21. The molecule has 0 atom stereocenters. The van der Waals surface area contributed by atoms with Crippen LogP contribution in [0.25, 0.3) is 10.9 Å². The summed E-state index contributed by atoms with van der Waals surface area (Å²) in [6, 6.07) is 6.36. The van der Waals surface area contributed by atoms with E-state index in [1.807, 2.05) is 18.5 Å². The van der Waals surface area contributed by atoms with E-state index in [1.165, 1.54) is 22.0 Å². The van der Waals surface area contributed by atoms with Gasteiger partial charge in [-0.15, -0.1) is 10.2 Å². The van der Waals surface area contributed by atoms with E-state index in [-0.39, 0.29) is 0 Å². The molecule has 0 spiro atoms. The molecule has 0 radical (unpaired) electrons. The largest absolute Gasteiger partial charge is 0.361 e. The summed E-state index contributed by atoms with van der Waals surface area (Å²) in [6.45, 7) is 8.28. The molecular formula is C19H27N7. The average Bonchev–Trinajstić information content (AvgIpc) is 3.18. The number of nitrogens with one attached hydrogen (secondary N) is 3. The molecule has 2 heterocycles. The third-order valence-corrected chi connectivity index (χ3v) is 4.59. The van der Waals surface area contributed by atoms with Gasteiger partial charge in [-0.2, -0.15) is 0 Å². The fourth-order valence-corrected chi connectivity index (χ4v) is 3.04. The zero-order valence-corrected chi connectivity index (χ0v) is 15.9. The Morgan fingerprint density at radius 2 is 2.08 bits per heavy atom. The summed E-state index contributed by atoms with van der Waals surface area (Å²) in [4.78, 5) is 7.98. The summed E-state index contributed by atoms with van der Waals surface area (Å²) in [5.41, 5.74) is 3.82. The number of aromatic amines is 1. The molecule has 0 saturated heterocycles. The summed E-state index contributed by atoms with van der Waals surface area (Å²) in [5, 5.41) is 16.2. The minimum Gasteiger partial charge on any atom is -0.361 e. The lowest BCUT2D eigenvalue weighted by molar-refractivity contribution is 0.754. The second kappa shape index (κ2) is 8.03. The van der Waals surface area contributed by atoms with Crippen LogP contribution < -0.4 is 10.6 Å². The molecule has 138 valence electrons. The van der Waals surface area contributed by atoms with Crippen molar-refractivity contribution in [2.75, 3.05) is 13.1 Å². The van der Waals surface area contributed by atoms with Crippen LogP contribution in [0.4, 0.5) is 0 Å². The van der Waals surface area contributed by atoms with E-state index >= 15 is 0 Å². The molecule has 0 aliphatic carbocycles. The normalized spacial score (nSPS) is 11.9. The van der Waals surface area contributed by atoms with E-state index in [2.05, 4.69) is 69.1 Å². The average molecular weight is 353 g/mol. The van der Waals surface area contributed by atoms with E-state index < -0.39 is 0 Å². The molecule has 3 N–H and O–H groups in total. The van der Waals surface area contributed by atoms with Crippen molar-refractivity contribution in [2.45, 2.75) is 33.7 Å². The second-order valence-electron chi connectivity index (χ2n) is 6.41. The first-order valence-corrected chi connectivity index (χ1v) is 9.02. The smallest absolute Gasteiger partial charge is 0.191 e. The molecule has 0 unspecified atom stereocenters. The first kappa shape index (κ1) is 18.0. The Labute approximate surface area is 153 Å². The van der Waals surface area contributed by atoms with Crippen LogP contribution in [0.1, 0.15) is 29.7 Å². The van der Waals surface area contributed by atoms with Gasteiger partial charge >= 0.3 is 0 Å². The summed E-state index contributed by atoms with van der Waals surface area (Å²) in [5.74, 6) is 2.54. The Hall–Kier alpha value is -2.83. The zero-order chi connectivity index (χ0) is 18.5. The lowest BCUT2D eigenvalue weighted by Crippen LogP contribution is -2.38. The van der Waals surface area contributed by atoms with Crippen LogP contribution in [0.5, 0.6) is 0 Å². The Kier molecular flexibility index (Phi) is 5.55. The SMILES string of the molecule is CCNC(=NCc1nnc(C)n1C)NCCc1c[nH]c2cccc(C)c12. The van der Waals surface area contributed by atoms with E-state index in [9.17, 15) is 0 Å². The van der Waals surface area contributed by atoms with Gasteiger partial charge in [0.25, 0.3) is 0 Å². The molecule has 7 nitrogen and oxygen atoms in total. The van der Waals surface area contributed by atoms with Crippen molar-refractivity contribution in [1.29, 1.82) is 0 Å². The van der Waals surface area contributed by atoms with Gasteiger partial charge < -0.3 is 20.2 Å². The second-order valence-corrected chi connectivity index (χ2v) is 6.41. The van der Waals surface area contributed by atoms with Crippen molar-refractivity contribution in [3.8, 4) is 0 Å². The van der Waals surface area contributed by atoms with E-state index in [0.717, 1.165) is 37.1 Å². The molecule has 0 bridgehead atoms. The maximum atomic E-state index is 4.62. The van der Waals surface area contributed by atoms with Gasteiger partial charge in [-0.3, -0.25) is 0 Å². The van der Waals surface area contributed by atoms with Crippen molar-refractivity contribution in [3.05, 3.63) is 47.2 Å². The third-order valence-electron chi connectivity index (χ3n) is 4.59. The first-order chi connectivity index (χ1) is 12.6. The monoisotopic (exact) mass is 353 g/mol. The Morgan fingerprint density at radius 1 is 1.23 bits per heavy atom. The third kappa shape index (κ3) is 3.87. The minimum atomic E-state index is 0.499. The van der Waals surface area contributed by atoms with Gasteiger partial charge in [-0.1, -0.05) is 12.1 Å². The van der Waals surface area contributed by atoms with Gasteiger partial charge in [0.2, 0.25) is 0 Å². The van der Waals surface area contributed by atoms with E-state index in [4.69, 9.17) is 0 Å². The van der Waals surface area contributed by atoms with Gasteiger partial charge in [0, 0.05) is 37.2 Å². The molecule has 0 aliphatic rings. The maximum Gasteiger partial charge on any atom is 0.191 e. The molecule has 0 saturated carbocycles. The highest BCUT2D eigenvalue weighted by Crippen LogP contribution is 2.22. The van der Waals surface area contributed by atoms with Crippen molar-refractivity contribution >= 4 is 16.9 Å². The standard InChI is InChI=1S/C19H27N7/c1-5-20-19(23-12-17-25-24-14(3)26(17)4)21-10-9-15-11-22-16-8-6-7-13(2)18(15)16/h6-8,11,22H,5,9-10,12H2,1-4H3,(H2,20,21,23). The predicted molar refractivity (Wildman–Crippen MR) is 105 cm³/mol. The molecule has 0 aliphatic heterocycles. The highest BCUT2D eigenvalue weighted by atomic mass is 15.3. The van der Waals surface area contributed by atoms with Crippen LogP contribution >= 0.6 is 0 Å². The summed E-state index contributed by atoms with van der Waals surface area (Å²) < 4.78 is 1.96. The molecule has 2 aromatic heterocycles. The Morgan fingerprint density at radius 3 is 2.81 bits per heavy atom. The number of nitrogens with zero attached hydrogens (tertiary/aromatic N) is 4. The first-order valence-electron chi connectivity index (χ1n) is 9.02. The Bertz CT molecular complexity index is 904. The molecule has 0 amide bonds. The number of benzene rings is 1. The molecular weight excluding hydrogens is 326 g/mol. The fourth-order valence-electron chi connectivity index (χ4n) is 3.04. The molecule has 3 aromatic rings. The number of aryl methyl sites for hydroxylation is 2. The number of aromatic nitrogens is 4.